The van der Waals surface area contributed by atoms with Crippen molar-refractivity contribution >= 4 is 16.7 Å². The maximum Gasteiger partial charge on any atom is 0.416 e. The van der Waals surface area contributed by atoms with Gasteiger partial charge in [-0.25, -0.2) is 4.79 Å². The minimum Gasteiger partial charge on any atom is -0.506 e. The van der Waals surface area contributed by atoms with Gasteiger partial charge in [-0.3, -0.25) is 0 Å². The van der Waals surface area contributed by atoms with E-state index in [2.05, 4.69) is 0 Å². The highest BCUT2D eigenvalue weighted by Crippen LogP contribution is 2.33. The number of hydrogen-bond acceptors (Lipinski definition) is 3. The van der Waals surface area contributed by atoms with E-state index in [0.29, 0.717) is 5.39 Å². The Balaban J connectivity index is 1.84. The Morgan fingerprint density at radius 3 is 2.40 bits per heavy atom. The largest absolute Gasteiger partial charge is 0.506 e. The zero-order valence-electron chi connectivity index (χ0n) is 12.9. The van der Waals surface area contributed by atoms with E-state index in [-0.39, 0.29) is 16.9 Å². The van der Waals surface area contributed by atoms with Crippen LogP contribution in [0.5, 0.6) is 5.75 Å². The van der Waals surface area contributed by atoms with Crippen LogP contribution in [0.15, 0.2) is 60.7 Å². The summed E-state index contributed by atoms with van der Waals surface area (Å²) < 4.78 is 43.8. The molecule has 6 heteroatoms. The molecule has 0 amide bonds. The number of aromatic hydroxyl groups is 1. The summed E-state index contributed by atoms with van der Waals surface area (Å²) in [5.41, 5.74) is -1.10. The van der Waals surface area contributed by atoms with Crippen LogP contribution >= 0.6 is 0 Å². The van der Waals surface area contributed by atoms with Crippen molar-refractivity contribution in [3.63, 3.8) is 0 Å². The first-order chi connectivity index (χ1) is 11.9. The fourth-order valence-corrected chi connectivity index (χ4v) is 2.56. The maximum atomic E-state index is 13.0. The number of benzene rings is 3. The molecule has 0 saturated heterocycles. The summed E-state index contributed by atoms with van der Waals surface area (Å²) in [6, 6.07) is 14.8. The fourth-order valence-electron chi connectivity index (χ4n) is 2.56. The quantitative estimate of drug-likeness (QED) is 0.685. The van der Waals surface area contributed by atoms with Crippen LogP contribution in [-0.4, -0.2) is 11.1 Å². The van der Waals surface area contributed by atoms with E-state index in [1.54, 1.807) is 30.3 Å². The van der Waals surface area contributed by atoms with Crippen molar-refractivity contribution in [1.82, 2.24) is 0 Å². The van der Waals surface area contributed by atoms with Crippen molar-refractivity contribution in [1.29, 1.82) is 0 Å². The van der Waals surface area contributed by atoms with Crippen molar-refractivity contribution in [3.8, 4) is 5.75 Å². The molecule has 0 spiro atoms. The van der Waals surface area contributed by atoms with Crippen LogP contribution in [0.1, 0.15) is 21.5 Å². The minimum atomic E-state index is -4.53. The van der Waals surface area contributed by atoms with E-state index in [9.17, 15) is 23.1 Å². The molecular weight excluding hydrogens is 333 g/mol. The van der Waals surface area contributed by atoms with E-state index >= 15 is 0 Å². The van der Waals surface area contributed by atoms with Gasteiger partial charge in [0.25, 0.3) is 0 Å². The highest BCUT2D eigenvalue weighted by Gasteiger charge is 2.33. The van der Waals surface area contributed by atoms with E-state index in [0.717, 1.165) is 11.5 Å². The molecule has 128 valence electrons. The van der Waals surface area contributed by atoms with Gasteiger partial charge in [0, 0.05) is 10.9 Å². The standard InChI is InChI=1S/C19H13F3O3/c20-19(21,22)16-8-4-2-6-13(16)11-25-18(24)15-10-9-12-5-1-3-7-14(12)17(15)23/h1-10,23H,11H2. The monoisotopic (exact) mass is 346 g/mol. The van der Waals surface area contributed by atoms with Gasteiger partial charge in [-0.2, -0.15) is 13.2 Å². The molecule has 25 heavy (non-hydrogen) atoms. The molecule has 3 nitrogen and oxygen atoms in total. The average Bonchev–Trinajstić information content (AvgIpc) is 2.60. The molecule has 3 aromatic carbocycles. The normalized spacial score (nSPS) is 11.5. The van der Waals surface area contributed by atoms with Gasteiger partial charge in [-0.1, -0.05) is 48.5 Å². The molecule has 0 unspecified atom stereocenters. The van der Waals surface area contributed by atoms with E-state index in [1.807, 2.05) is 0 Å². The lowest BCUT2D eigenvalue weighted by atomic mass is 10.1. The van der Waals surface area contributed by atoms with Gasteiger partial charge in [0.15, 0.2) is 0 Å². The Morgan fingerprint density at radius 1 is 0.960 bits per heavy atom. The van der Waals surface area contributed by atoms with Gasteiger partial charge in [-0.05, 0) is 17.5 Å². The summed E-state index contributed by atoms with van der Waals surface area (Å²) in [6.07, 6.45) is -4.53. The van der Waals surface area contributed by atoms with E-state index < -0.39 is 24.3 Å². The van der Waals surface area contributed by atoms with Crippen LogP contribution in [0.4, 0.5) is 13.2 Å². The summed E-state index contributed by atoms with van der Waals surface area (Å²) in [4.78, 5) is 12.2. The molecule has 0 bridgehead atoms. The molecule has 0 saturated carbocycles. The molecule has 1 N–H and O–H groups in total. The van der Waals surface area contributed by atoms with Crippen LogP contribution < -0.4 is 0 Å². The zero-order valence-corrected chi connectivity index (χ0v) is 12.9. The number of alkyl halides is 3. The number of halogens is 3. The molecule has 0 aliphatic heterocycles. The lowest BCUT2D eigenvalue weighted by Gasteiger charge is -2.13. The van der Waals surface area contributed by atoms with Gasteiger partial charge in [0.05, 0.1) is 5.56 Å². The second-order valence-corrected chi connectivity index (χ2v) is 5.41. The molecule has 0 aliphatic carbocycles. The summed E-state index contributed by atoms with van der Waals surface area (Å²) in [7, 11) is 0. The van der Waals surface area contributed by atoms with Crippen molar-refractivity contribution in [2.45, 2.75) is 12.8 Å². The number of hydrogen-bond donors (Lipinski definition) is 1. The van der Waals surface area contributed by atoms with Crippen molar-refractivity contribution in [2.24, 2.45) is 0 Å². The van der Waals surface area contributed by atoms with Crippen molar-refractivity contribution in [3.05, 3.63) is 77.4 Å². The van der Waals surface area contributed by atoms with Crippen LogP contribution in [0, 0.1) is 0 Å². The number of phenolic OH excluding ortho intramolecular Hbond substituents is 1. The molecule has 3 aromatic rings. The van der Waals surface area contributed by atoms with Crippen LogP contribution in [-0.2, 0) is 17.5 Å². The predicted molar refractivity (Wildman–Crippen MR) is 86.2 cm³/mol. The van der Waals surface area contributed by atoms with Gasteiger partial charge < -0.3 is 9.84 Å². The lowest BCUT2D eigenvalue weighted by Crippen LogP contribution is -2.12. The molecular formula is C19H13F3O3. The third-order valence-electron chi connectivity index (χ3n) is 3.80. The number of ether oxygens (including phenoxy) is 1. The Hall–Kier alpha value is -3.02. The second kappa shape index (κ2) is 6.47. The Bertz CT molecular complexity index is 933. The SMILES string of the molecule is O=C(OCc1ccccc1C(F)(F)F)c1ccc2ccccc2c1O. The lowest BCUT2D eigenvalue weighted by molar-refractivity contribution is -0.138. The highest BCUT2D eigenvalue weighted by atomic mass is 19.4. The van der Waals surface area contributed by atoms with Gasteiger partial charge >= 0.3 is 12.1 Å². The first-order valence-corrected chi connectivity index (χ1v) is 7.41. The Kier molecular flexibility index (Phi) is 4.35. The number of rotatable bonds is 3. The Labute approximate surface area is 141 Å². The smallest absolute Gasteiger partial charge is 0.416 e. The highest BCUT2D eigenvalue weighted by molar-refractivity contribution is 6.01. The molecule has 0 aromatic heterocycles. The molecule has 0 heterocycles. The maximum absolute atomic E-state index is 13.0. The minimum absolute atomic E-state index is 0.0943. The van der Waals surface area contributed by atoms with Crippen LogP contribution in [0.2, 0.25) is 0 Å². The van der Waals surface area contributed by atoms with Gasteiger partial charge in [0.2, 0.25) is 0 Å². The fraction of sp³-hybridized carbons (Fsp3) is 0.105. The first kappa shape index (κ1) is 16.8. The molecule has 0 atom stereocenters. The summed E-state index contributed by atoms with van der Waals surface area (Å²) in [5.74, 6) is -1.15. The molecule has 0 fully saturated rings. The van der Waals surface area contributed by atoms with E-state index in [4.69, 9.17) is 4.74 Å². The van der Waals surface area contributed by atoms with Crippen LogP contribution in [0.3, 0.4) is 0 Å². The summed E-state index contributed by atoms with van der Waals surface area (Å²) >= 11 is 0. The number of fused-ring (bicyclic) bond motifs is 1. The summed E-state index contributed by atoms with van der Waals surface area (Å²) in [6.45, 7) is -0.541. The molecule has 0 radical (unpaired) electrons. The van der Waals surface area contributed by atoms with Gasteiger partial charge in [-0.15, -0.1) is 0 Å². The molecule has 3 rings (SSSR count). The third-order valence-corrected chi connectivity index (χ3v) is 3.80. The second-order valence-electron chi connectivity index (χ2n) is 5.41. The Morgan fingerprint density at radius 2 is 1.64 bits per heavy atom. The third kappa shape index (κ3) is 3.42. The average molecular weight is 346 g/mol. The topological polar surface area (TPSA) is 46.5 Å². The summed E-state index contributed by atoms with van der Waals surface area (Å²) in [5, 5.41) is 11.4. The van der Waals surface area contributed by atoms with Gasteiger partial charge in [0.1, 0.15) is 17.9 Å². The van der Waals surface area contributed by atoms with Crippen molar-refractivity contribution < 1.29 is 27.8 Å². The molecule has 0 aliphatic rings. The number of carbonyl (C=O) groups excluding carboxylic acids is 1. The van der Waals surface area contributed by atoms with E-state index in [1.165, 1.54) is 24.3 Å². The van der Waals surface area contributed by atoms with Crippen LogP contribution in [0.25, 0.3) is 10.8 Å². The number of carbonyl (C=O) groups is 1. The zero-order chi connectivity index (χ0) is 18.0. The number of phenols is 1. The number of esters is 1. The predicted octanol–water partition coefficient (Wildman–Crippen LogP) is 4.92. The first-order valence-electron chi connectivity index (χ1n) is 7.41. The van der Waals surface area contributed by atoms with Crippen molar-refractivity contribution in [2.75, 3.05) is 0 Å².